The van der Waals surface area contributed by atoms with Crippen molar-refractivity contribution in [2.75, 3.05) is 26.2 Å². The lowest BCUT2D eigenvalue weighted by Gasteiger charge is -2.23. The van der Waals surface area contributed by atoms with Gasteiger partial charge in [0.05, 0.1) is 12.0 Å². The quantitative estimate of drug-likeness (QED) is 0.794. The van der Waals surface area contributed by atoms with Crippen LogP contribution in [-0.4, -0.2) is 42.2 Å². The lowest BCUT2D eigenvalue weighted by molar-refractivity contribution is -0.149. The van der Waals surface area contributed by atoms with Gasteiger partial charge in [0.25, 0.3) is 0 Å². The zero-order chi connectivity index (χ0) is 18.1. The monoisotopic (exact) mass is 345 g/mol. The van der Waals surface area contributed by atoms with Gasteiger partial charge in [-0.25, -0.2) is 0 Å². The first kappa shape index (κ1) is 18.2. The highest BCUT2D eigenvalue weighted by Crippen LogP contribution is 2.48. The summed E-state index contributed by atoms with van der Waals surface area (Å²) in [5, 5.41) is 9.64. The smallest absolute Gasteiger partial charge is 0.311 e. The summed E-state index contributed by atoms with van der Waals surface area (Å²) in [6, 6.07) is 8.35. The number of nitrogens with zero attached hydrogens (tertiary/aromatic N) is 1. The number of aliphatic carboxylic acids is 1. The number of rotatable bonds is 6. The third-order valence-electron chi connectivity index (χ3n) is 5.97. The molecule has 2 fully saturated rings. The summed E-state index contributed by atoms with van der Waals surface area (Å²) in [4.78, 5) is 14.0. The van der Waals surface area contributed by atoms with Gasteiger partial charge in [0.1, 0.15) is 5.75 Å². The number of carbonyl (C=O) groups is 1. The first-order valence-electron chi connectivity index (χ1n) is 9.50. The second-order valence-corrected chi connectivity index (χ2v) is 8.76. The van der Waals surface area contributed by atoms with Gasteiger partial charge in [-0.1, -0.05) is 39.3 Å². The standard InChI is InChI=1S/C21H31NO3/c1-20(2,3)16-7-9-18(10-8-16)25-13-5-12-22-14-17-6-4-11-21(17,15-22)19(23)24/h7-10,17H,4-6,11-15H2,1-3H3,(H,23,24)/t17-,21+/m0/s1. The van der Waals surface area contributed by atoms with Crippen molar-refractivity contribution in [1.82, 2.24) is 4.90 Å². The molecule has 0 unspecified atom stereocenters. The molecule has 0 spiro atoms. The van der Waals surface area contributed by atoms with E-state index in [0.717, 1.165) is 44.5 Å². The second kappa shape index (κ2) is 6.99. The van der Waals surface area contributed by atoms with E-state index in [4.69, 9.17) is 4.74 Å². The molecule has 138 valence electrons. The van der Waals surface area contributed by atoms with Crippen LogP contribution >= 0.6 is 0 Å². The fourth-order valence-corrected chi connectivity index (χ4v) is 4.44. The molecular formula is C21H31NO3. The van der Waals surface area contributed by atoms with E-state index in [1.165, 1.54) is 5.56 Å². The van der Waals surface area contributed by atoms with Gasteiger partial charge in [0, 0.05) is 19.6 Å². The predicted octanol–water partition coefficient (Wildman–Crippen LogP) is 3.94. The molecule has 0 radical (unpaired) electrons. The summed E-state index contributed by atoms with van der Waals surface area (Å²) < 4.78 is 5.86. The first-order valence-corrected chi connectivity index (χ1v) is 9.50. The van der Waals surface area contributed by atoms with Crippen LogP contribution in [0.1, 0.15) is 52.0 Å². The normalized spacial score (nSPS) is 26.6. The highest BCUT2D eigenvalue weighted by molar-refractivity contribution is 5.76. The van der Waals surface area contributed by atoms with E-state index in [-0.39, 0.29) is 5.41 Å². The van der Waals surface area contributed by atoms with E-state index in [0.29, 0.717) is 19.1 Å². The van der Waals surface area contributed by atoms with E-state index in [1.54, 1.807) is 0 Å². The largest absolute Gasteiger partial charge is 0.494 e. The summed E-state index contributed by atoms with van der Waals surface area (Å²) in [5.41, 5.74) is 0.998. The Morgan fingerprint density at radius 3 is 2.64 bits per heavy atom. The molecule has 1 aliphatic heterocycles. The number of likely N-dealkylation sites (tertiary alicyclic amines) is 1. The van der Waals surface area contributed by atoms with Crippen molar-refractivity contribution in [2.24, 2.45) is 11.3 Å². The van der Waals surface area contributed by atoms with Crippen LogP contribution in [0.15, 0.2) is 24.3 Å². The van der Waals surface area contributed by atoms with Crippen LogP contribution in [0.25, 0.3) is 0 Å². The van der Waals surface area contributed by atoms with Crippen molar-refractivity contribution in [3.05, 3.63) is 29.8 Å². The van der Waals surface area contributed by atoms with Gasteiger partial charge in [0.15, 0.2) is 0 Å². The number of benzene rings is 1. The van der Waals surface area contributed by atoms with Crippen molar-refractivity contribution in [1.29, 1.82) is 0 Å². The maximum absolute atomic E-state index is 11.7. The van der Waals surface area contributed by atoms with E-state index in [1.807, 2.05) is 12.1 Å². The molecule has 1 aromatic carbocycles. The first-order chi connectivity index (χ1) is 11.8. The third-order valence-corrected chi connectivity index (χ3v) is 5.97. The number of hydrogen-bond donors (Lipinski definition) is 1. The average Bonchev–Trinajstić information content (AvgIpc) is 3.09. The molecule has 25 heavy (non-hydrogen) atoms. The number of carboxylic acids is 1. The Hall–Kier alpha value is -1.55. The summed E-state index contributed by atoms with van der Waals surface area (Å²) in [7, 11) is 0. The van der Waals surface area contributed by atoms with Crippen LogP contribution in [-0.2, 0) is 10.2 Å². The Labute approximate surface area is 151 Å². The van der Waals surface area contributed by atoms with Crippen molar-refractivity contribution in [3.8, 4) is 5.75 Å². The van der Waals surface area contributed by atoms with Crippen molar-refractivity contribution >= 4 is 5.97 Å². The van der Waals surface area contributed by atoms with Crippen LogP contribution < -0.4 is 4.74 Å². The molecule has 0 aromatic heterocycles. The summed E-state index contributed by atoms with van der Waals surface area (Å²) in [5.74, 6) is 0.664. The van der Waals surface area contributed by atoms with Gasteiger partial charge in [-0.3, -0.25) is 4.79 Å². The third kappa shape index (κ3) is 3.84. The molecule has 1 saturated heterocycles. The summed E-state index contributed by atoms with van der Waals surface area (Å²) >= 11 is 0. The molecule has 1 N–H and O–H groups in total. The topological polar surface area (TPSA) is 49.8 Å². The Morgan fingerprint density at radius 2 is 2.04 bits per heavy atom. The molecule has 0 amide bonds. The number of ether oxygens (including phenoxy) is 1. The molecule has 1 heterocycles. The zero-order valence-corrected chi connectivity index (χ0v) is 15.8. The fraction of sp³-hybridized carbons (Fsp3) is 0.667. The molecular weight excluding hydrogens is 314 g/mol. The fourth-order valence-electron chi connectivity index (χ4n) is 4.44. The van der Waals surface area contributed by atoms with Gasteiger partial charge in [-0.15, -0.1) is 0 Å². The van der Waals surface area contributed by atoms with E-state index >= 15 is 0 Å². The number of hydrogen-bond acceptors (Lipinski definition) is 3. The highest BCUT2D eigenvalue weighted by atomic mass is 16.5. The maximum Gasteiger partial charge on any atom is 0.311 e. The molecule has 4 heteroatoms. The minimum absolute atomic E-state index is 0.159. The molecule has 2 aliphatic rings. The van der Waals surface area contributed by atoms with Crippen LogP contribution in [0.3, 0.4) is 0 Å². The van der Waals surface area contributed by atoms with Crippen LogP contribution in [0.5, 0.6) is 5.75 Å². The van der Waals surface area contributed by atoms with Crippen molar-refractivity contribution in [3.63, 3.8) is 0 Å². The molecule has 1 aliphatic carbocycles. The highest BCUT2D eigenvalue weighted by Gasteiger charge is 2.54. The Balaban J connectivity index is 1.43. The van der Waals surface area contributed by atoms with Crippen molar-refractivity contribution in [2.45, 2.75) is 51.9 Å². The van der Waals surface area contributed by atoms with Crippen LogP contribution in [0, 0.1) is 11.3 Å². The summed E-state index contributed by atoms with van der Waals surface area (Å²) in [6.45, 7) is 9.87. The molecule has 0 bridgehead atoms. The molecule has 1 saturated carbocycles. The van der Waals surface area contributed by atoms with Gasteiger partial charge in [-0.2, -0.15) is 0 Å². The Bertz CT molecular complexity index is 605. The number of carboxylic acid groups (broad SMARTS) is 1. The molecule has 1 aromatic rings. The lowest BCUT2D eigenvalue weighted by Crippen LogP contribution is -2.36. The molecule has 4 nitrogen and oxygen atoms in total. The maximum atomic E-state index is 11.7. The van der Waals surface area contributed by atoms with Gasteiger partial charge < -0.3 is 14.7 Å². The zero-order valence-electron chi connectivity index (χ0n) is 15.8. The minimum Gasteiger partial charge on any atom is -0.494 e. The van der Waals surface area contributed by atoms with E-state index in [2.05, 4.69) is 37.8 Å². The SMILES string of the molecule is CC(C)(C)c1ccc(OCCCN2C[C@@H]3CCC[C@@]3(C(=O)O)C2)cc1. The summed E-state index contributed by atoms with van der Waals surface area (Å²) in [6.07, 6.45) is 3.92. The molecule has 2 atom stereocenters. The van der Waals surface area contributed by atoms with Crippen LogP contribution in [0.4, 0.5) is 0 Å². The Morgan fingerprint density at radius 1 is 1.32 bits per heavy atom. The van der Waals surface area contributed by atoms with Crippen LogP contribution in [0.2, 0.25) is 0 Å². The van der Waals surface area contributed by atoms with E-state index in [9.17, 15) is 9.90 Å². The van der Waals surface area contributed by atoms with E-state index < -0.39 is 11.4 Å². The Kier molecular flexibility index (Phi) is 5.10. The van der Waals surface area contributed by atoms with Crippen molar-refractivity contribution < 1.29 is 14.6 Å². The second-order valence-electron chi connectivity index (χ2n) is 8.76. The average molecular weight is 345 g/mol. The lowest BCUT2D eigenvalue weighted by atomic mass is 9.81. The predicted molar refractivity (Wildman–Crippen MR) is 99.1 cm³/mol. The van der Waals surface area contributed by atoms with Gasteiger partial charge >= 0.3 is 5.97 Å². The minimum atomic E-state index is -0.590. The van der Waals surface area contributed by atoms with Gasteiger partial charge in [0.2, 0.25) is 0 Å². The number of fused-ring (bicyclic) bond motifs is 1. The molecule has 3 rings (SSSR count). The van der Waals surface area contributed by atoms with Gasteiger partial charge in [-0.05, 0) is 48.3 Å².